The van der Waals surface area contributed by atoms with Crippen LogP contribution in [-0.2, 0) is 11.2 Å². The Bertz CT molecular complexity index is 360. The number of amides is 1. The molecule has 17 heavy (non-hydrogen) atoms. The van der Waals surface area contributed by atoms with Crippen molar-refractivity contribution in [3.8, 4) is 0 Å². The highest BCUT2D eigenvalue weighted by Crippen LogP contribution is 2.05. The second kappa shape index (κ2) is 6.39. The molecule has 1 rings (SSSR count). The van der Waals surface area contributed by atoms with Gasteiger partial charge in [0.1, 0.15) is 0 Å². The lowest BCUT2D eigenvalue weighted by atomic mass is 10.0. The maximum atomic E-state index is 11.7. The van der Waals surface area contributed by atoms with Gasteiger partial charge in [0.05, 0.1) is 24.8 Å². The summed E-state index contributed by atoms with van der Waals surface area (Å²) in [4.78, 5) is 11.7. The molecule has 0 fully saturated rings. The predicted molar refractivity (Wildman–Crippen MR) is 65.5 cm³/mol. The molecule has 1 unspecified atom stereocenters. The average molecular weight is 239 g/mol. The first-order valence-corrected chi connectivity index (χ1v) is 5.92. The molecule has 0 bridgehead atoms. The number of aromatic amines is 1. The molecule has 3 N–H and O–H groups in total. The minimum absolute atomic E-state index is 0.0243. The highest BCUT2D eigenvalue weighted by Gasteiger charge is 2.14. The predicted octanol–water partition coefficient (Wildman–Crippen LogP) is 0.784. The van der Waals surface area contributed by atoms with Crippen LogP contribution in [0.15, 0.2) is 6.07 Å². The molecule has 1 aromatic heterocycles. The molecule has 0 aromatic carbocycles. The molecule has 0 aliphatic rings. The first kappa shape index (κ1) is 13.7. The van der Waals surface area contributed by atoms with Gasteiger partial charge in [-0.05, 0) is 25.3 Å². The zero-order valence-corrected chi connectivity index (χ0v) is 10.7. The third-order valence-corrected chi connectivity index (χ3v) is 2.44. The van der Waals surface area contributed by atoms with Crippen molar-refractivity contribution in [1.82, 2.24) is 15.5 Å². The van der Waals surface area contributed by atoms with Crippen molar-refractivity contribution in [2.75, 3.05) is 6.61 Å². The van der Waals surface area contributed by atoms with E-state index in [0.29, 0.717) is 5.92 Å². The molecule has 0 saturated heterocycles. The lowest BCUT2D eigenvalue weighted by molar-refractivity contribution is -0.121. The summed E-state index contributed by atoms with van der Waals surface area (Å²) < 4.78 is 0. The summed E-state index contributed by atoms with van der Waals surface area (Å²) in [5, 5.41) is 18.8. The van der Waals surface area contributed by atoms with E-state index in [0.717, 1.165) is 17.8 Å². The topological polar surface area (TPSA) is 78.0 Å². The van der Waals surface area contributed by atoms with E-state index >= 15 is 0 Å². The van der Waals surface area contributed by atoms with Gasteiger partial charge in [0.15, 0.2) is 0 Å². The number of aliphatic hydroxyl groups is 1. The third kappa shape index (κ3) is 4.99. The number of nitrogens with zero attached hydrogens (tertiary/aromatic N) is 1. The van der Waals surface area contributed by atoms with E-state index in [4.69, 9.17) is 5.11 Å². The van der Waals surface area contributed by atoms with Gasteiger partial charge in [0, 0.05) is 5.69 Å². The second-order valence-corrected chi connectivity index (χ2v) is 4.80. The molecule has 0 radical (unpaired) electrons. The van der Waals surface area contributed by atoms with Crippen molar-refractivity contribution < 1.29 is 9.90 Å². The first-order chi connectivity index (χ1) is 8.01. The van der Waals surface area contributed by atoms with Crippen LogP contribution in [0.2, 0.25) is 0 Å². The van der Waals surface area contributed by atoms with Crippen LogP contribution in [0.3, 0.4) is 0 Å². The van der Waals surface area contributed by atoms with Crippen molar-refractivity contribution in [3.05, 3.63) is 17.5 Å². The van der Waals surface area contributed by atoms with Crippen molar-refractivity contribution in [3.63, 3.8) is 0 Å². The lowest BCUT2D eigenvalue weighted by Gasteiger charge is -2.17. The van der Waals surface area contributed by atoms with Crippen LogP contribution in [0.4, 0.5) is 0 Å². The maximum Gasteiger partial charge on any atom is 0.226 e. The number of hydrogen-bond donors (Lipinski definition) is 3. The van der Waals surface area contributed by atoms with Gasteiger partial charge >= 0.3 is 0 Å². The van der Waals surface area contributed by atoms with E-state index in [1.807, 2.05) is 13.0 Å². The Labute approximate surface area is 102 Å². The van der Waals surface area contributed by atoms with Gasteiger partial charge in [-0.1, -0.05) is 13.8 Å². The minimum Gasteiger partial charge on any atom is -0.394 e. The van der Waals surface area contributed by atoms with Gasteiger partial charge in [-0.2, -0.15) is 5.10 Å². The maximum absolute atomic E-state index is 11.7. The fourth-order valence-electron chi connectivity index (χ4n) is 1.76. The molecule has 0 saturated carbocycles. The monoisotopic (exact) mass is 239 g/mol. The van der Waals surface area contributed by atoms with Crippen LogP contribution in [-0.4, -0.2) is 33.9 Å². The molecular formula is C12H21N3O2. The molecule has 0 aliphatic heterocycles. The summed E-state index contributed by atoms with van der Waals surface area (Å²) in [6, 6.07) is 1.68. The highest BCUT2D eigenvalue weighted by molar-refractivity contribution is 5.78. The Morgan fingerprint density at radius 3 is 2.76 bits per heavy atom. The number of carbonyl (C=O) groups is 1. The molecular weight excluding hydrogens is 218 g/mol. The number of aromatic nitrogens is 2. The normalized spacial score (nSPS) is 12.8. The molecule has 1 heterocycles. The smallest absolute Gasteiger partial charge is 0.226 e. The molecule has 1 aromatic rings. The number of nitrogens with one attached hydrogen (secondary N) is 2. The number of H-pyrrole nitrogens is 1. The average Bonchev–Trinajstić information content (AvgIpc) is 2.62. The standard InChI is InChI=1S/C12H21N3O2/c1-8(2)4-11(7-16)13-12(17)6-10-5-9(3)14-15-10/h5,8,11,16H,4,6-7H2,1-3H3,(H,13,17)(H,14,15). The number of hydrogen-bond acceptors (Lipinski definition) is 3. The summed E-state index contributed by atoms with van der Waals surface area (Å²) in [6.07, 6.45) is 1.03. The van der Waals surface area contributed by atoms with Crippen molar-refractivity contribution in [1.29, 1.82) is 0 Å². The van der Waals surface area contributed by atoms with Crippen LogP contribution < -0.4 is 5.32 Å². The summed E-state index contributed by atoms with van der Waals surface area (Å²) in [7, 11) is 0. The quantitative estimate of drug-likeness (QED) is 0.686. The zero-order chi connectivity index (χ0) is 12.8. The second-order valence-electron chi connectivity index (χ2n) is 4.80. The van der Waals surface area contributed by atoms with E-state index in [1.54, 1.807) is 0 Å². The largest absolute Gasteiger partial charge is 0.394 e. The van der Waals surface area contributed by atoms with Crippen LogP contribution in [0.25, 0.3) is 0 Å². The van der Waals surface area contributed by atoms with Gasteiger partial charge in [-0.15, -0.1) is 0 Å². The fourth-order valence-corrected chi connectivity index (χ4v) is 1.76. The number of rotatable bonds is 6. The van der Waals surface area contributed by atoms with Gasteiger partial charge in [0.25, 0.3) is 0 Å². The van der Waals surface area contributed by atoms with E-state index in [-0.39, 0.29) is 25.0 Å². The fraction of sp³-hybridized carbons (Fsp3) is 0.667. The number of aliphatic hydroxyl groups excluding tert-OH is 1. The summed E-state index contributed by atoms with van der Waals surface area (Å²) in [5.41, 5.74) is 1.66. The van der Waals surface area contributed by atoms with Crippen LogP contribution >= 0.6 is 0 Å². The van der Waals surface area contributed by atoms with E-state index in [1.165, 1.54) is 0 Å². The van der Waals surface area contributed by atoms with Gasteiger partial charge in [-0.25, -0.2) is 0 Å². The Kier molecular flexibility index (Phi) is 5.15. The van der Waals surface area contributed by atoms with Crippen molar-refractivity contribution in [2.24, 2.45) is 5.92 Å². The molecule has 1 atom stereocenters. The van der Waals surface area contributed by atoms with E-state index in [9.17, 15) is 4.79 Å². The number of aryl methyl sites for hydroxylation is 1. The van der Waals surface area contributed by atoms with Crippen LogP contribution in [0.1, 0.15) is 31.7 Å². The molecule has 5 nitrogen and oxygen atoms in total. The lowest BCUT2D eigenvalue weighted by Crippen LogP contribution is -2.39. The van der Waals surface area contributed by atoms with Crippen LogP contribution in [0.5, 0.6) is 0 Å². The van der Waals surface area contributed by atoms with Crippen LogP contribution in [0, 0.1) is 12.8 Å². The molecule has 0 aliphatic carbocycles. The molecule has 5 heteroatoms. The molecule has 0 spiro atoms. The van der Waals surface area contributed by atoms with Gasteiger partial charge in [-0.3, -0.25) is 9.89 Å². The Morgan fingerprint density at radius 1 is 1.59 bits per heavy atom. The van der Waals surface area contributed by atoms with Gasteiger partial charge in [0.2, 0.25) is 5.91 Å². The Morgan fingerprint density at radius 2 is 2.29 bits per heavy atom. The molecule has 1 amide bonds. The van der Waals surface area contributed by atoms with E-state index in [2.05, 4.69) is 29.4 Å². The summed E-state index contributed by atoms with van der Waals surface area (Å²) in [5.74, 6) is 0.344. The Hall–Kier alpha value is -1.36. The Balaban J connectivity index is 2.42. The minimum atomic E-state index is -0.164. The number of carbonyl (C=O) groups excluding carboxylic acids is 1. The summed E-state index contributed by atoms with van der Waals surface area (Å²) in [6.45, 7) is 5.99. The van der Waals surface area contributed by atoms with Gasteiger partial charge < -0.3 is 10.4 Å². The van der Waals surface area contributed by atoms with Crippen molar-refractivity contribution >= 4 is 5.91 Å². The molecule has 96 valence electrons. The van der Waals surface area contributed by atoms with E-state index < -0.39 is 0 Å². The van der Waals surface area contributed by atoms with Crippen molar-refractivity contribution in [2.45, 2.75) is 39.7 Å². The first-order valence-electron chi connectivity index (χ1n) is 5.92. The SMILES string of the molecule is Cc1cc(CC(=O)NC(CO)CC(C)C)n[nH]1. The zero-order valence-electron chi connectivity index (χ0n) is 10.7. The highest BCUT2D eigenvalue weighted by atomic mass is 16.3. The third-order valence-electron chi connectivity index (χ3n) is 2.44. The summed E-state index contributed by atoms with van der Waals surface area (Å²) >= 11 is 0.